The number of aromatic nitrogens is 3. The van der Waals surface area contributed by atoms with Crippen LogP contribution in [0.4, 0.5) is 0 Å². The molecule has 2 aliphatic rings. The van der Waals surface area contributed by atoms with Crippen molar-refractivity contribution in [3.05, 3.63) is 11.6 Å². The van der Waals surface area contributed by atoms with Crippen molar-refractivity contribution in [3.63, 3.8) is 0 Å². The highest BCUT2D eigenvalue weighted by Gasteiger charge is 2.29. The molecule has 0 aromatic carbocycles. The Morgan fingerprint density at radius 1 is 1.08 bits per heavy atom. The van der Waals surface area contributed by atoms with Crippen LogP contribution in [0.1, 0.15) is 96.2 Å². The fourth-order valence-electron chi connectivity index (χ4n) is 4.22. The zero-order valence-electron chi connectivity index (χ0n) is 16.3. The van der Waals surface area contributed by atoms with E-state index in [-0.39, 0.29) is 0 Å². The van der Waals surface area contributed by atoms with E-state index in [1.807, 2.05) is 0 Å². The molecule has 4 heteroatoms. The molecule has 3 rings (SSSR count). The fourth-order valence-corrected chi connectivity index (χ4v) is 4.22. The van der Waals surface area contributed by atoms with Crippen molar-refractivity contribution >= 4 is 5.78 Å². The number of carbonyl (C=O) groups is 1. The first kappa shape index (κ1) is 18.6. The largest absolute Gasteiger partial charge is 0.312 e. The molecule has 2 aliphatic carbocycles. The average Bonchev–Trinajstić information content (AvgIpc) is 3.33. The van der Waals surface area contributed by atoms with Crippen LogP contribution >= 0.6 is 0 Å². The van der Waals surface area contributed by atoms with E-state index in [0.717, 1.165) is 43.3 Å². The lowest BCUT2D eigenvalue weighted by molar-refractivity contribution is -0.120. The van der Waals surface area contributed by atoms with E-state index in [2.05, 4.69) is 35.5 Å². The summed E-state index contributed by atoms with van der Waals surface area (Å²) in [5.41, 5.74) is 0. The highest BCUT2D eigenvalue weighted by molar-refractivity contribution is 5.78. The molecule has 2 fully saturated rings. The van der Waals surface area contributed by atoms with Gasteiger partial charge in [0.2, 0.25) is 0 Å². The highest BCUT2D eigenvalue weighted by Crippen LogP contribution is 2.37. The van der Waals surface area contributed by atoms with Crippen LogP contribution < -0.4 is 0 Å². The Hall–Kier alpha value is -1.19. The summed E-state index contributed by atoms with van der Waals surface area (Å²) in [5.74, 6) is 4.63. The van der Waals surface area contributed by atoms with Gasteiger partial charge in [-0.2, -0.15) is 0 Å². The second-order valence-electron chi connectivity index (χ2n) is 8.83. The van der Waals surface area contributed by atoms with Crippen LogP contribution in [-0.4, -0.2) is 20.5 Å². The van der Waals surface area contributed by atoms with Gasteiger partial charge in [-0.15, -0.1) is 10.2 Å². The number of aryl methyl sites for hydroxylation is 2. The van der Waals surface area contributed by atoms with E-state index in [1.165, 1.54) is 38.5 Å². The van der Waals surface area contributed by atoms with Crippen molar-refractivity contribution < 1.29 is 4.79 Å². The number of rotatable bonds is 9. The highest BCUT2D eigenvalue weighted by atomic mass is 16.1. The van der Waals surface area contributed by atoms with E-state index in [4.69, 9.17) is 0 Å². The minimum atomic E-state index is 0.424. The molecule has 1 aromatic heterocycles. The Morgan fingerprint density at radius 2 is 1.76 bits per heavy atom. The third kappa shape index (κ3) is 5.15. The lowest BCUT2D eigenvalue weighted by atomic mass is 9.77. The van der Waals surface area contributed by atoms with Crippen molar-refractivity contribution in [3.8, 4) is 0 Å². The van der Waals surface area contributed by atoms with Gasteiger partial charge in [-0.25, -0.2) is 0 Å². The Labute approximate surface area is 152 Å². The van der Waals surface area contributed by atoms with E-state index in [0.29, 0.717) is 30.1 Å². The molecule has 0 amide bonds. The first-order chi connectivity index (χ1) is 12.0. The molecular formula is C21H35N3O. The lowest BCUT2D eigenvalue weighted by Crippen LogP contribution is -2.20. The van der Waals surface area contributed by atoms with Crippen LogP contribution in [0.3, 0.4) is 0 Å². The molecule has 1 heterocycles. The Bertz CT molecular complexity index is 574. The van der Waals surface area contributed by atoms with E-state index in [1.54, 1.807) is 0 Å². The molecule has 0 N–H and O–H groups in total. The van der Waals surface area contributed by atoms with Crippen LogP contribution in [0.2, 0.25) is 0 Å². The minimum Gasteiger partial charge on any atom is -0.312 e. The smallest absolute Gasteiger partial charge is 0.133 e. The summed E-state index contributed by atoms with van der Waals surface area (Å²) in [6.07, 6.45) is 12.0. The summed E-state index contributed by atoms with van der Waals surface area (Å²) < 4.78 is 2.36. The quantitative estimate of drug-likeness (QED) is 0.638. The third-order valence-electron chi connectivity index (χ3n) is 6.10. The van der Waals surface area contributed by atoms with Gasteiger partial charge in [0, 0.05) is 31.7 Å². The van der Waals surface area contributed by atoms with Crippen molar-refractivity contribution in [2.75, 3.05) is 0 Å². The second kappa shape index (κ2) is 8.46. The summed E-state index contributed by atoms with van der Waals surface area (Å²) in [5, 5.41) is 8.91. The fraction of sp³-hybridized carbons (Fsp3) is 0.857. The van der Waals surface area contributed by atoms with Crippen LogP contribution in [0, 0.1) is 17.8 Å². The van der Waals surface area contributed by atoms with Crippen molar-refractivity contribution in [2.24, 2.45) is 17.8 Å². The Morgan fingerprint density at radius 3 is 2.40 bits per heavy atom. The maximum Gasteiger partial charge on any atom is 0.133 e. The number of Topliss-reactive ketones (excluding diaryl/α,β-unsaturated/α-hetero) is 1. The summed E-state index contributed by atoms with van der Waals surface area (Å²) in [6.45, 7) is 6.83. The van der Waals surface area contributed by atoms with Gasteiger partial charge < -0.3 is 4.57 Å². The summed E-state index contributed by atoms with van der Waals surface area (Å²) in [6, 6.07) is 0.598. The van der Waals surface area contributed by atoms with Crippen LogP contribution in [-0.2, 0) is 17.6 Å². The predicted octanol–water partition coefficient (Wildman–Crippen LogP) is 4.92. The maximum absolute atomic E-state index is 12.5. The number of nitrogens with zero attached hydrogens (tertiary/aromatic N) is 3. The predicted molar refractivity (Wildman–Crippen MR) is 101 cm³/mol. The first-order valence-corrected chi connectivity index (χ1v) is 10.5. The Balaban J connectivity index is 1.54. The molecule has 1 aromatic rings. The summed E-state index contributed by atoms with van der Waals surface area (Å²) in [7, 11) is 0. The monoisotopic (exact) mass is 345 g/mol. The van der Waals surface area contributed by atoms with Gasteiger partial charge in [0.05, 0.1) is 0 Å². The zero-order chi connectivity index (χ0) is 17.8. The minimum absolute atomic E-state index is 0.424. The number of hydrogen-bond acceptors (Lipinski definition) is 3. The average molecular weight is 346 g/mol. The van der Waals surface area contributed by atoms with Gasteiger partial charge in [-0.3, -0.25) is 4.79 Å². The van der Waals surface area contributed by atoms with E-state index >= 15 is 0 Å². The van der Waals surface area contributed by atoms with Gasteiger partial charge in [-0.1, -0.05) is 40.0 Å². The van der Waals surface area contributed by atoms with Crippen LogP contribution in [0.25, 0.3) is 0 Å². The van der Waals surface area contributed by atoms with Crippen molar-refractivity contribution in [1.82, 2.24) is 14.8 Å². The molecule has 2 atom stereocenters. The third-order valence-corrected chi connectivity index (χ3v) is 6.10. The van der Waals surface area contributed by atoms with Crippen molar-refractivity contribution in [1.29, 1.82) is 0 Å². The first-order valence-electron chi connectivity index (χ1n) is 10.5. The molecule has 0 aliphatic heterocycles. The molecular weight excluding hydrogens is 310 g/mol. The van der Waals surface area contributed by atoms with E-state index in [9.17, 15) is 4.79 Å². The molecule has 25 heavy (non-hydrogen) atoms. The number of carbonyl (C=O) groups excluding carboxylic acids is 1. The lowest BCUT2D eigenvalue weighted by Gasteiger charge is -2.28. The maximum atomic E-state index is 12.5. The molecule has 4 nitrogen and oxygen atoms in total. The van der Waals surface area contributed by atoms with E-state index < -0.39 is 0 Å². The van der Waals surface area contributed by atoms with Gasteiger partial charge in [0.25, 0.3) is 0 Å². The Kier molecular flexibility index (Phi) is 6.29. The van der Waals surface area contributed by atoms with Crippen LogP contribution in [0.5, 0.6) is 0 Å². The van der Waals surface area contributed by atoms with Gasteiger partial charge in [-0.05, 0) is 43.4 Å². The topological polar surface area (TPSA) is 47.8 Å². The summed E-state index contributed by atoms with van der Waals surface area (Å²) in [4.78, 5) is 12.5. The van der Waals surface area contributed by atoms with Gasteiger partial charge in [0.15, 0.2) is 0 Å². The normalized spacial score (nSPS) is 24.0. The second-order valence-corrected chi connectivity index (χ2v) is 8.83. The molecule has 0 spiro atoms. The molecule has 0 saturated heterocycles. The molecule has 0 radical (unpaired) electrons. The number of ketones is 1. The van der Waals surface area contributed by atoms with Crippen LogP contribution in [0.15, 0.2) is 0 Å². The number of hydrogen-bond donors (Lipinski definition) is 0. The molecule has 2 unspecified atom stereocenters. The molecule has 2 saturated carbocycles. The standard InChI is InChI=1S/C21H35N3O/c1-15(2)8-12-20-22-23-21(24(20)18-9-10-18)13-11-19(25)14-17-7-5-4-6-16(17)3/h15-18H,4-14H2,1-3H3. The SMILES string of the molecule is CC(C)CCc1nnc(CCC(=O)CC2CCCCC2C)n1C1CC1. The zero-order valence-corrected chi connectivity index (χ0v) is 16.3. The van der Waals surface area contributed by atoms with Crippen molar-refractivity contribution in [2.45, 2.75) is 97.4 Å². The van der Waals surface area contributed by atoms with Gasteiger partial charge in [0.1, 0.15) is 17.4 Å². The molecule has 140 valence electrons. The summed E-state index contributed by atoms with van der Waals surface area (Å²) >= 11 is 0. The molecule has 0 bridgehead atoms. The van der Waals surface area contributed by atoms with Gasteiger partial charge >= 0.3 is 0 Å².